The summed E-state index contributed by atoms with van der Waals surface area (Å²) < 4.78 is 16.3. The summed E-state index contributed by atoms with van der Waals surface area (Å²) in [5.41, 5.74) is 2.77. The van der Waals surface area contributed by atoms with Gasteiger partial charge in [0, 0.05) is 11.6 Å². The van der Waals surface area contributed by atoms with E-state index >= 15 is 0 Å². The quantitative estimate of drug-likeness (QED) is 0.408. The van der Waals surface area contributed by atoms with E-state index in [1.807, 2.05) is 31.2 Å². The predicted octanol–water partition coefficient (Wildman–Crippen LogP) is 4.26. The zero-order chi connectivity index (χ0) is 24.9. The van der Waals surface area contributed by atoms with E-state index in [4.69, 9.17) is 14.2 Å². The van der Waals surface area contributed by atoms with E-state index in [1.54, 1.807) is 42.5 Å². The van der Waals surface area contributed by atoms with Crippen LogP contribution in [0.25, 0.3) is 6.08 Å². The molecular weight excluding hydrogens is 448 g/mol. The van der Waals surface area contributed by atoms with E-state index < -0.39 is 17.8 Å². The zero-order valence-electron chi connectivity index (χ0n) is 19.5. The minimum absolute atomic E-state index is 0.201. The molecule has 0 aliphatic carbocycles. The number of methoxy groups -OCH3 is 2. The normalized spacial score (nSPS) is 14.7. The van der Waals surface area contributed by atoms with Gasteiger partial charge >= 0.3 is 6.03 Å². The molecule has 0 saturated carbocycles. The Balaban J connectivity index is 1.55. The molecule has 8 heteroatoms. The third-order valence-corrected chi connectivity index (χ3v) is 5.46. The molecule has 1 aliphatic rings. The number of imide groups is 2. The second-order valence-electron chi connectivity index (χ2n) is 7.83. The molecule has 0 atom stereocenters. The van der Waals surface area contributed by atoms with Crippen molar-refractivity contribution >= 4 is 29.6 Å². The Morgan fingerprint density at radius 2 is 1.54 bits per heavy atom. The van der Waals surface area contributed by atoms with Crippen LogP contribution in [0.3, 0.4) is 0 Å². The van der Waals surface area contributed by atoms with Crippen LogP contribution < -0.4 is 24.4 Å². The van der Waals surface area contributed by atoms with Gasteiger partial charge in [-0.25, -0.2) is 9.69 Å². The number of nitrogens with one attached hydrogen (secondary N) is 1. The van der Waals surface area contributed by atoms with Crippen molar-refractivity contribution in [3.63, 3.8) is 0 Å². The maximum Gasteiger partial charge on any atom is 0.335 e. The number of hydrogen-bond acceptors (Lipinski definition) is 6. The van der Waals surface area contributed by atoms with Gasteiger partial charge in [-0.2, -0.15) is 0 Å². The molecule has 35 heavy (non-hydrogen) atoms. The highest BCUT2D eigenvalue weighted by Crippen LogP contribution is 2.29. The Hall–Kier alpha value is -4.59. The summed E-state index contributed by atoms with van der Waals surface area (Å²) in [7, 11) is 2.99. The minimum atomic E-state index is -0.827. The van der Waals surface area contributed by atoms with Gasteiger partial charge in [-0.05, 0) is 55.0 Å². The highest BCUT2D eigenvalue weighted by Gasteiger charge is 2.37. The van der Waals surface area contributed by atoms with E-state index in [2.05, 4.69) is 5.32 Å². The zero-order valence-corrected chi connectivity index (χ0v) is 19.5. The van der Waals surface area contributed by atoms with Crippen LogP contribution in [-0.4, -0.2) is 32.1 Å². The van der Waals surface area contributed by atoms with Gasteiger partial charge in [0.1, 0.15) is 29.4 Å². The molecule has 1 N–H and O–H groups in total. The lowest BCUT2D eigenvalue weighted by Gasteiger charge is -2.26. The first-order chi connectivity index (χ1) is 16.9. The standard InChI is InChI=1S/C27H24N2O6/c1-17-4-6-18(7-5-17)16-35-21-12-9-20(10-13-21)29-26(31)23(25(30)28-27(29)32)14-19-8-11-22(33-2)15-24(19)34-3/h4-15H,16H2,1-3H3,(H,28,30,32)/b23-14-. The average Bonchev–Trinajstić information content (AvgIpc) is 2.87. The van der Waals surface area contributed by atoms with Crippen molar-refractivity contribution in [3.05, 3.63) is 89.0 Å². The molecule has 3 aromatic carbocycles. The molecule has 3 aromatic rings. The van der Waals surface area contributed by atoms with Gasteiger partial charge in [-0.3, -0.25) is 14.9 Å². The topological polar surface area (TPSA) is 94.2 Å². The second-order valence-corrected chi connectivity index (χ2v) is 7.83. The van der Waals surface area contributed by atoms with Gasteiger partial charge in [0.15, 0.2) is 0 Å². The molecule has 0 unspecified atom stereocenters. The number of rotatable bonds is 7. The number of amides is 4. The smallest absolute Gasteiger partial charge is 0.335 e. The number of barbiturate groups is 1. The molecule has 8 nitrogen and oxygen atoms in total. The Morgan fingerprint density at radius 1 is 0.857 bits per heavy atom. The Labute approximate surface area is 202 Å². The summed E-state index contributed by atoms with van der Waals surface area (Å²) in [6.45, 7) is 2.40. The van der Waals surface area contributed by atoms with Crippen molar-refractivity contribution in [2.45, 2.75) is 13.5 Å². The van der Waals surface area contributed by atoms with Crippen LogP contribution in [0.5, 0.6) is 17.2 Å². The fraction of sp³-hybridized carbons (Fsp3) is 0.148. The van der Waals surface area contributed by atoms with Crippen LogP contribution in [0.15, 0.2) is 72.3 Å². The average molecular weight is 472 g/mol. The molecular formula is C27H24N2O6. The van der Waals surface area contributed by atoms with Gasteiger partial charge in [0.25, 0.3) is 11.8 Å². The first-order valence-corrected chi connectivity index (χ1v) is 10.8. The number of urea groups is 1. The van der Waals surface area contributed by atoms with Crippen molar-refractivity contribution in [1.82, 2.24) is 5.32 Å². The van der Waals surface area contributed by atoms with Crippen molar-refractivity contribution < 1.29 is 28.6 Å². The Bertz CT molecular complexity index is 1300. The number of nitrogens with zero attached hydrogens (tertiary/aromatic N) is 1. The summed E-state index contributed by atoms with van der Waals surface area (Å²) in [6, 6.07) is 18.6. The first kappa shape index (κ1) is 23.6. The SMILES string of the molecule is COc1ccc(/C=C2/C(=O)NC(=O)N(c3ccc(OCc4ccc(C)cc4)cc3)C2=O)c(OC)c1. The summed E-state index contributed by atoms with van der Waals surface area (Å²) in [6.07, 6.45) is 1.38. The molecule has 0 bridgehead atoms. The largest absolute Gasteiger partial charge is 0.497 e. The summed E-state index contributed by atoms with van der Waals surface area (Å²) in [4.78, 5) is 39.1. The van der Waals surface area contributed by atoms with E-state index in [1.165, 1.54) is 25.9 Å². The highest BCUT2D eigenvalue weighted by atomic mass is 16.5. The number of aryl methyl sites for hydroxylation is 1. The molecule has 1 aliphatic heterocycles. The van der Waals surface area contributed by atoms with Crippen molar-refractivity contribution in [2.75, 3.05) is 19.1 Å². The van der Waals surface area contributed by atoms with E-state index in [9.17, 15) is 14.4 Å². The number of anilines is 1. The van der Waals surface area contributed by atoms with Gasteiger partial charge in [0.05, 0.1) is 19.9 Å². The number of carbonyl (C=O) groups excluding carboxylic acids is 3. The van der Waals surface area contributed by atoms with Crippen LogP contribution in [0.4, 0.5) is 10.5 Å². The lowest BCUT2D eigenvalue weighted by atomic mass is 10.1. The molecule has 178 valence electrons. The second kappa shape index (κ2) is 10.1. The molecule has 1 fully saturated rings. The molecule has 4 amide bonds. The minimum Gasteiger partial charge on any atom is -0.497 e. The summed E-state index contributed by atoms with van der Waals surface area (Å²) >= 11 is 0. The third kappa shape index (κ3) is 5.16. The van der Waals surface area contributed by atoms with Gasteiger partial charge in [-0.1, -0.05) is 29.8 Å². The lowest BCUT2D eigenvalue weighted by molar-refractivity contribution is -0.122. The Morgan fingerprint density at radius 3 is 2.20 bits per heavy atom. The monoisotopic (exact) mass is 472 g/mol. The third-order valence-electron chi connectivity index (χ3n) is 5.46. The number of carbonyl (C=O) groups is 3. The van der Waals surface area contributed by atoms with Gasteiger partial charge in [-0.15, -0.1) is 0 Å². The predicted molar refractivity (Wildman–Crippen MR) is 131 cm³/mol. The Kier molecular flexibility index (Phi) is 6.82. The van der Waals surface area contributed by atoms with E-state index in [0.29, 0.717) is 35.1 Å². The van der Waals surface area contributed by atoms with Crippen LogP contribution in [-0.2, 0) is 16.2 Å². The van der Waals surface area contributed by atoms with Crippen molar-refractivity contribution in [3.8, 4) is 17.2 Å². The maximum absolute atomic E-state index is 13.2. The molecule has 1 saturated heterocycles. The summed E-state index contributed by atoms with van der Waals surface area (Å²) in [5.74, 6) is 0.0204. The van der Waals surface area contributed by atoms with E-state index in [0.717, 1.165) is 10.5 Å². The highest BCUT2D eigenvalue weighted by molar-refractivity contribution is 6.39. The van der Waals surface area contributed by atoms with E-state index in [-0.39, 0.29) is 5.57 Å². The number of benzene rings is 3. The molecule has 0 spiro atoms. The number of ether oxygens (including phenoxy) is 3. The van der Waals surface area contributed by atoms with Crippen LogP contribution >= 0.6 is 0 Å². The fourth-order valence-corrected chi connectivity index (χ4v) is 3.53. The van der Waals surface area contributed by atoms with Crippen molar-refractivity contribution in [2.24, 2.45) is 0 Å². The van der Waals surface area contributed by atoms with Crippen molar-refractivity contribution in [1.29, 1.82) is 0 Å². The molecule has 0 aromatic heterocycles. The molecule has 4 rings (SSSR count). The fourth-order valence-electron chi connectivity index (χ4n) is 3.53. The van der Waals surface area contributed by atoms with Crippen LogP contribution in [0, 0.1) is 6.92 Å². The number of hydrogen-bond donors (Lipinski definition) is 1. The van der Waals surface area contributed by atoms with Crippen LogP contribution in [0.2, 0.25) is 0 Å². The lowest BCUT2D eigenvalue weighted by Crippen LogP contribution is -2.54. The van der Waals surface area contributed by atoms with Gasteiger partial charge in [0.2, 0.25) is 0 Å². The molecule has 0 radical (unpaired) electrons. The summed E-state index contributed by atoms with van der Waals surface area (Å²) in [5, 5.41) is 2.22. The van der Waals surface area contributed by atoms with Gasteiger partial charge < -0.3 is 14.2 Å². The van der Waals surface area contributed by atoms with Crippen LogP contribution in [0.1, 0.15) is 16.7 Å². The maximum atomic E-state index is 13.2. The molecule has 1 heterocycles. The first-order valence-electron chi connectivity index (χ1n) is 10.8.